The number of β-lactam (4-membered cyclic amide) rings is 1. The smallest absolute Gasteiger partial charge is 0.314 e. The molecule has 1 amide bonds. The predicted molar refractivity (Wildman–Crippen MR) is 60.1 cm³/mol. The molecule has 1 saturated heterocycles. The van der Waals surface area contributed by atoms with E-state index in [1.807, 2.05) is 6.26 Å². The Labute approximate surface area is 98.2 Å². The third-order valence-corrected chi connectivity index (χ3v) is 3.68. The monoisotopic (exact) mass is 245 g/mol. The average molecular weight is 245 g/mol. The fourth-order valence-corrected chi connectivity index (χ4v) is 2.40. The summed E-state index contributed by atoms with van der Waals surface area (Å²) >= 11 is 1.50. The van der Waals surface area contributed by atoms with Crippen LogP contribution in [0.25, 0.3) is 0 Å². The van der Waals surface area contributed by atoms with E-state index in [9.17, 15) is 14.4 Å². The van der Waals surface area contributed by atoms with Crippen molar-refractivity contribution >= 4 is 29.4 Å². The highest BCUT2D eigenvalue weighted by molar-refractivity contribution is 7.99. The summed E-state index contributed by atoms with van der Waals surface area (Å²) in [6.07, 6.45) is 2.57. The van der Waals surface area contributed by atoms with E-state index in [-0.39, 0.29) is 30.0 Å². The van der Waals surface area contributed by atoms with Crippen molar-refractivity contribution in [3.05, 3.63) is 0 Å². The van der Waals surface area contributed by atoms with Crippen LogP contribution in [0.4, 0.5) is 0 Å². The molecule has 1 fully saturated rings. The molecule has 90 valence electrons. The molecule has 0 aromatic carbocycles. The van der Waals surface area contributed by atoms with Crippen LogP contribution >= 0.6 is 11.8 Å². The number of hydrogen-bond donors (Lipinski definition) is 1. The van der Waals surface area contributed by atoms with Gasteiger partial charge < -0.3 is 10.0 Å². The van der Waals surface area contributed by atoms with E-state index in [1.165, 1.54) is 16.7 Å². The van der Waals surface area contributed by atoms with Gasteiger partial charge in [-0.05, 0) is 12.7 Å². The number of hydrogen-bond acceptors (Lipinski definition) is 4. The maximum Gasteiger partial charge on any atom is 0.314 e. The Kier molecular flexibility index (Phi) is 4.35. The summed E-state index contributed by atoms with van der Waals surface area (Å²) in [5, 5.41) is 8.84. The topological polar surface area (TPSA) is 74.7 Å². The molecular weight excluding hydrogens is 230 g/mol. The summed E-state index contributed by atoms with van der Waals surface area (Å²) in [7, 11) is 0. The maximum absolute atomic E-state index is 11.6. The van der Waals surface area contributed by atoms with E-state index in [1.54, 1.807) is 6.92 Å². The summed E-state index contributed by atoms with van der Waals surface area (Å²) in [5.41, 5.74) is 0. The van der Waals surface area contributed by atoms with Gasteiger partial charge in [-0.2, -0.15) is 0 Å². The van der Waals surface area contributed by atoms with E-state index in [0.717, 1.165) is 0 Å². The molecule has 1 N–H and O–H groups in total. The summed E-state index contributed by atoms with van der Waals surface area (Å²) in [6, 6.07) is 0. The molecule has 1 heterocycles. The van der Waals surface area contributed by atoms with E-state index < -0.39 is 11.9 Å². The minimum absolute atomic E-state index is 0.0303. The molecule has 0 aliphatic carbocycles. The first-order chi connectivity index (χ1) is 7.51. The van der Waals surface area contributed by atoms with Crippen LogP contribution in [-0.2, 0) is 14.4 Å². The van der Waals surface area contributed by atoms with Crippen LogP contribution in [0, 0.1) is 5.92 Å². The largest absolute Gasteiger partial charge is 0.481 e. The molecule has 2 atom stereocenters. The molecule has 16 heavy (non-hydrogen) atoms. The number of carbonyl (C=O) groups excluding carboxylic acids is 2. The van der Waals surface area contributed by atoms with Gasteiger partial charge in [-0.1, -0.05) is 6.92 Å². The Bertz CT molecular complexity index is 318. The zero-order valence-corrected chi connectivity index (χ0v) is 10.1. The lowest BCUT2D eigenvalue weighted by Crippen LogP contribution is -2.53. The van der Waals surface area contributed by atoms with E-state index in [4.69, 9.17) is 5.11 Å². The number of ketones is 1. The zero-order valence-electron chi connectivity index (χ0n) is 9.30. The standard InChI is InChI=1S/C10H15NO4S/c1-3-6(10(14)15)7(12)5-11-8(13)4-9(11)16-2/h6,9H,3-5H2,1-2H3,(H,14,15). The summed E-state index contributed by atoms with van der Waals surface area (Å²) in [6.45, 7) is 1.58. The van der Waals surface area contributed by atoms with Crippen LogP contribution in [0.5, 0.6) is 0 Å². The lowest BCUT2D eigenvalue weighted by molar-refractivity contribution is -0.151. The van der Waals surface area contributed by atoms with Crippen molar-refractivity contribution in [3.8, 4) is 0 Å². The second kappa shape index (κ2) is 5.34. The molecule has 0 spiro atoms. The van der Waals surface area contributed by atoms with Crippen molar-refractivity contribution in [1.82, 2.24) is 4.90 Å². The highest BCUT2D eigenvalue weighted by Gasteiger charge is 2.38. The van der Waals surface area contributed by atoms with Gasteiger partial charge in [-0.3, -0.25) is 14.4 Å². The summed E-state index contributed by atoms with van der Waals surface area (Å²) < 4.78 is 0. The second-order valence-electron chi connectivity index (χ2n) is 3.68. The second-order valence-corrected chi connectivity index (χ2v) is 4.70. The summed E-state index contributed by atoms with van der Waals surface area (Å²) in [5.74, 6) is -2.56. The number of aliphatic carboxylic acids is 1. The van der Waals surface area contributed by atoms with Crippen molar-refractivity contribution in [2.75, 3.05) is 12.8 Å². The van der Waals surface area contributed by atoms with Crippen LogP contribution in [0.1, 0.15) is 19.8 Å². The Morgan fingerprint density at radius 1 is 1.62 bits per heavy atom. The van der Waals surface area contributed by atoms with Crippen LogP contribution in [0.3, 0.4) is 0 Å². The first kappa shape index (κ1) is 13.0. The Balaban J connectivity index is 2.56. The third-order valence-electron chi connectivity index (χ3n) is 2.71. The number of Topliss-reactive ketones (excluding diaryl/α,β-unsaturated/α-hetero) is 1. The minimum atomic E-state index is -1.11. The van der Waals surface area contributed by atoms with Crippen molar-refractivity contribution in [1.29, 1.82) is 0 Å². The molecule has 1 aliphatic heterocycles. The summed E-state index contributed by atoms with van der Waals surface area (Å²) in [4.78, 5) is 35.1. The highest BCUT2D eigenvalue weighted by atomic mass is 32.2. The van der Waals surface area contributed by atoms with Gasteiger partial charge in [0.25, 0.3) is 0 Å². The average Bonchev–Trinajstić information content (AvgIpc) is 2.22. The third kappa shape index (κ3) is 2.55. The highest BCUT2D eigenvalue weighted by Crippen LogP contribution is 2.27. The number of rotatable bonds is 6. The molecule has 5 nitrogen and oxygen atoms in total. The SMILES string of the molecule is CCC(C(=O)O)C(=O)CN1C(=O)CC1SC. The van der Waals surface area contributed by atoms with Crippen LogP contribution < -0.4 is 0 Å². The zero-order chi connectivity index (χ0) is 12.3. The van der Waals surface area contributed by atoms with Crippen LogP contribution in [0.15, 0.2) is 0 Å². The lowest BCUT2D eigenvalue weighted by Gasteiger charge is -2.39. The van der Waals surface area contributed by atoms with Crippen molar-refractivity contribution in [2.45, 2.75) is 25.1 Å². The fourth-order valence-electron chi connectivity index (χ4n) is 1.64. The number of thioether (sulfide) groups is 1. The molecule has 1 rings (SSSR count). The molecule has 0 aromatic rings. The molecule has 0 bridgehead atoms. The maximum atomic E-state index is 11.6. The van der Waals surface area contributed by atoms with Crippen LogP contribution in [-0.4, -0.2) is 45.8 Å². The molecular formula is C10H15NO4S. The van der Waals surface area contributed by atoms with Crippen molar-refractivity contribution < 1.29 is 19.5 Å². The number of carboxylic acids is 1. The predicted octanol–water partition coefficient (Wildman–Crippen LogP) is 0.588. The van der Waals surface area contributed by atoms with E-state index in [0.29, 0.717) is 6.42 Å². The number of nitrogens with zero attached hydrogens (tertiary/aromatic N) is 1. The normalized spacial score (nSPS) is 21.5. The van der Waals surface area contributed by atoms with Gasteiger partial charge in [0, 0.05) is 0 Å². The van der Waals surface area contributed by atoms with Crippen molar-refractivity contribution in [3.63, 3.8) is 0 Å². The molecule has 0 aromatic heterocycles. The fraction of sp³-hybridized carbons (Fsp3) is 0.700. The Hall–Kier alpha value is -1.04. The van der Waals surface area contributed by atoms with Gasteiger partial charge in [0.15, 0.2) is 5.78 Å². The molecule has 0 radical (unpaired) electrons. The minimum Gasteiger partial charge on any atom is -0.481 e. The molecule has 2 unspecified atom stereocenters. The number of carboxylic acid groups (broad SMARTS) is 1. The Morgan fingerprint density at radius 2 is 2.25 bits per heavy atom. The van der Waals surface area contributed by atoms with Gasteiger partial charge in [0.1, 0.15) is 5.92 Å². The van der Waals surface area contributed by atoms with E-state index in [2.05, 4.69) is 0 Å². The molecule has 6 heteroatoms. The van der Waals surface area contributed by atoms with Gasteiger partial charge in [-0.15, -0.1) is 11.8 Å². The van der Waals surface area contributed by atoms with Crippen LogP contribution in [0.2, 0.25) is 0 Å². The lowest BCUT2D eigenvalue weighted by atomic mass is 10.00. The Morgan fingerprint density at radius 3 is 2.62 bits per heavy atom. The van der Waals surface area contributed by atoms with Gasteiger partial charge in [-0.25, -0.2) is 0 Å². The number of amides is 1. The van der Waals surface area contributed by atoms with Crippen molar-refractivity contribution in [2.24, 2.45) is 5.92 Å². The quantitative estimate of drug-likeness (QED) is 0.547. The van der Waals surface area contributed by atoms with Gasteiger partial charge >= 0.3 is 5.97 Å². The first-order valence-corrected chi connectivity index (χ1v) is 6.37. The molecule has 1 aliphatic rings. The van der Waals surface area contributed by atoms with Gasteiger partial charge in [0.05, 0.1) is 18.3 Å². The molecule has 0 saturated carbocycles. The van der Waals surface area contributed by atoms with E-state index >= 15 is 0 Å². The number of likely N-dealkylation sites (tertiary alicyclic amines) is 1. The number of carbonyl (C=O) groups is 3. The van der Waals surface area contributed by atoms with Gasteiger partial charge in [0.2, 0.25) is 5.91 Å². The first-order valence-electron chi connectivity index (χ1n) is 5.09.